The fourth-order valence-corrected chi connectivity index (χ4v) is 1.44. The Bertz CT molecular complexity index is 438. The summed E-state index contributed by atoms with van der Waals surface area (Å²) in [6.07, 6.45) is -0.173. The molecule has 3 N–H and O–H groups in total. The summed E-state index contributed by atoms with van der Waals surface area (Å²) in [7, 11) is 0. The minimum Gasteiger partial charge on any atom is -0.481 e. The number of hydrogen-bond acceptors (Lipinski definition) is 3. The van der Waals surface area contributed by atoms with E-state index in [1.54, 1.807) is 12.1 Å². The molecule has 1 rings (SSSR count). The molecule has 0 aliphatic heterocycles. The van der Waals surface area contributed by atoms with Crippen molar-refractivity contribution >= 4 is 17.4 Å². The van der Waals surface area contributed by atoms with Gasteiger partial charge in [0.25, 0.3) is 0 Å². The summed E-state index contributed by atoms with van der Waals surface area (Å²) in [5.41, 5.74) is 8.57. The Kier molecular flexibility index (Phi) is 3.66. The van der Waals surface area contributed by atoms with Gasteiger partial charge in [-0.2, -0.15) is 0 Å². The third-order valence-electron chi connectivity index (χ3n) is 2.53. The van der Waals surface area contributed by atoms with Gasteiger partial charge in [-0.05, 0) is 37.1 Å². The van der Waals surface area contributed by atoms with E-state index in [9.17, 15) is 9.59 Å². The van der Waals surface area contributed by atoms with Crippen molar-refractivity contribution < 1.29 is 14.7 Å². The van der Waals surface area contributed by atoms with Crippen LogP contribution in [0.5, 0.6) is 0 Å². The van der Waals surface area contributed by atoms with Crippen LogP contribution in [0.15, 0.2) is 12.1 Å². The number of aryl methyl sites for hydroxylation is 2. The van der Waals surface area contributed by atoms with Crippen LogP contribution in [0.3, 0.4) is 0 Å². The Morgan fingerprint density at radius 1 is 1.19 bits per heavy atom. The summed E-state index contributed by atoms with van der Waals surface area (Å²) in [6, 6.07) is 3.46. The highest BCUT2D eigenvalue weighted by atomic mass is 16.4. The highest BCUT2D eigenvalue weighted by Gasteiger charge is 2.12. The lowest BCUT2D eigenvalue weighted by Crippen LogP contribution is -2.07. The van der Waals surface area contributed by atoms with E-state index in [0.29, 0.717) is 11.3 Å². The number of aliphatic carboxylic acids is 1. The lowest BCUT2D eigenvalue weighted by atomic mass is 9.99. The molecule has 0 unspecified atom stereocenters. The van der Waals surface area contributed by atoms with Gasteiger partial charge in [-0.15, -0.1) is 0 Å². The van der Waals surface area contributed by atoms with Crippen molar-refractivity contribution in [3.8, 4) is 0 Å². The first-order valence-electron chi connectivity index (χ1n) is 5.03. The lowest BCUT2D eigenvalue weighted by Gasteiger charge is -2.08. The quantitative estimate of drug-likeness (QED) is 0.601. The molecule has 4 nitrogen and oxygen atoms in total. The number of benzene rings is 1. The third kappa shape index (κ3) is 2.82. The molecule has 0 radical (unpaired) electrons. The predicted octanol–water partition coefficient (Wildman–Crippen LogP) is 1.93. The summed E-state index contributed by atoms with van der Waals surface area (Å²) in [4.78, 5) is 22.0. The minimum atomic E-state index is -0.976. The van der Waals surface area contributed by atoms with Crippen LogP contribution in [-0.4, -0.2) is 16.9 Å². The fourth-order valence-electron chi connectivity index (χ4n) is 1.44. The second kappa shape index (κ2) is 4.79. The molecule has 16 heavy (non-hydrogen) atoms. The van der Waals surface area contributed by atoms with Gasteiger partial charge in [0.1, 0.15) is 0 Å². The van der Waals surface area contributed by atoms with E-state index < -0.39 is 5.97 Å². The van der Waals surface area contributed by atoms with E-state index >= 15 is 0 Å². The molecule has 0 atom stereocenters. The molecule has 0 bridgehead atoms. The van der Waals surface area contributed by atoms with Gasteiger partial charge in [0.2, 0.25) is 0 Å². The number of nitrogen functional groups attached to an aromatic ring is 1. The molecule has 86 valence electrons. The molecule has 1 aromatic rings. The van der Waals surface area contributed by atoms with Crippen molar-refractivity contribution in [2.75, 3.05) is 5.73 Å². The molecular formula is C12H15NO3. The minimum absolute atomic E-state index is 0.0119. The first-order chi connectivity index (χ1) is 7.41. The van der Waals surface area contributed by atoms with E-state index in [2.05, 4.69) is 0 Å². The van der Waals surface area contributed by atoms with Gasteiger partial charge in [0.15, 0.2) is 5.78 Å². The van der Waals surface area contributed by atoms with Gasteiger partial charge in [-0.3, -0.25) is 9.59 Å². The zero-order valence-electron chi connectivity index (χ0n) is 9.41. The normalized spacial score (nSPS) is 10.1. The van der Waals surface area contributed by atoms with Crippen LogP contribution in [0.25, 0.3) is 0 Å². The summed E-state index contributed by atoms with van der Waals surface area (Å²) in [5, 5.41) is 8.49. The highest BCUT2D eigenvalue weighted by molar-refractivity contribution is 6.02. The van der Waals surface area contributed by atoms with E-state index in [4.69, 9.17) is 10.8 Å². The van der Waals surface area contributed by atoms with Crippen LogP contribution in [0.2, 0.25) is 0 Å². The number of hydrogen-bond donors (Lipinski definition) is 2. The van der Waals surface area contributed by atoms with Gasteiger partial charge in [-0.25, -0.2) is 0 Å². The number of carbonyl (C=O) groups excluding carboxylic acids is 1. The first-order valence-corrected chi connectivity index (χ1v) is 5.03. The molecule has 0 fully saturated rings. The van der Waals surface area contributed by atoms with Gasteiger partial charge in [-0.1, -0.05) is 0 Å². The maximum absolute atomic E-state index is 11.7. The third-order valence-corrected chi connectivity index (χ3v) is 2.53. The Hall–Kier alpha value is -1.84. The van der Waals surface area contributed by atoms with E-state index in [1.807, 2.05) is 13.8 Å². The van der Waals surface area contributed by atoms with Gasteiger partial charge in [0.05, 0.1) is 6.42 Å². The number of nitrogens with two attached hydrogens (primary N) is 1. The van der Waals surface area contributed by atoms with E-state index in [-0.39, 0.29) is 18.6 Å². The van der Waals surface area contributed by atoms with Gasteiger partial charge in [0, 0.05) is 17.7 Å². The fraction of sp³-hybridized carbons (Fsp3) is 0.333. The Morgan fingerprint density at radius 3 is 2.31 bits per heavy atom. The average molecular weight is 221 g/mol. The number of ketones is 1. The molecule has 0 aliphatic carbocycles. The van der Waals surface area contributed by atoms with Crippen molar-refractivity contribution in [2.24, 2.45) is 0 Å². The number of carbonyl (C=O) groups is 2. The molecule has 1 aromatic carbocycles. The second-order valence-corrected chi connectivity index (χ2v) is 3.84. The van der Waals surface area contributed by atoms with Crippen molar-refractivity contribution in [1.29, 1.82) is 0 Å². The van der Waals surface area contributed by atoms with Crippen LogP contribution in [0.1, 0.15) is 34.3 Å². The van der Waals surface area contributed by atoms with E-state index in [0.717, 1.165) is 11.1 Å². The standard InChI is InChI=1S/C12H15NO3/c1-7-5-9(10(13)6-8(7)2)11(14)3-4-12(15)16/h5-6H,3-4,13H2,1-2H3,(H,15,16). The second-order valence-electron chi connectivity index (χ2n) is 3.84. The largest absolute Gasteiger partial charge is 0.481 e. The lowest BCUT2D eigenvalue weighted by molar-refractivity contribution is -0.136. The maximum atomic E-state index is 11.7. The van der Waals surface area contributed by atoms with E-state index in [1.165, 1.54) is 0 Å². The van der Waals surface area contributed by atoms with Crippen molar-refractivity contribution in [2.45, 2.75) is 26.7 Å². The SMILES string of the molecule is Cc1cc(N)c(C(=O)CCC(=O)O)cc1C. The highest BCUT2D eigenvalue weighted by Crippen LogP contribution is 2.19. The van der Waals surface area contributed by atoms with Crippen LogP contribution in [-0.2, 0) is 4.79 Å². The molecular weight excluding hydrogens is 206 g/mol. The molecule has 0 saturated carbocycles. The zero-order chi connectivity index (χ0) is 12.3. The smallest absolute Gasteiger partial charge is 0.303 e. The molecule has 0 heterocycles. The van der Waals surface area contributed by atoms with Gasteiger partial charge < -0.3 is 10.8 Å². The molecule has 0 aliphatic rings. The molecule has 0 spiro atoms. The monoisotopic (exact) mass is 221 g/mol. The summed E-state index contributed by atoms with van der Waals surface area (Å²) >= 11 is 0. The van der Waals surface area contributed by atoms with Crippen LogP contribution in [0, 0.1) is 13.8 Å². The topological polar surface area (TPSA) is 80.4 Å². The maximum Gasteiger partial charge on any atom is 0.303 e. The van der Waals surface area contributed by atoms with Crippen molar-refractivity contribution in [1.82, 2.24) is 0 Å². The summed E-state index contributed by atoms with van der Waals surface area (Å²) in [6.45, 7) is 3.81. The van der Waals surface area contributed by atoms with Crippen molar-refractivity contribution in [3.05, 3.63) is 28.8 Å². The number of rotatable bonds is 4. The van der Waals surface area contributed by atoms with Crippen LogP contribution < -0.4 is 5.73 Å². The Morgan fingerprint density at radius 2 is 1.75 bits per heavy atom. The number of carboxylic acids is 1. The zero-order valence-corrected chi connectivity index (χ0v) is 9.41. The van der Waals surface area contributed by atoms with Crippen LogP contribution >= 0.6 is 0 Å². The van der Waals surface area contributed by atoms with Crippen LogP contribution in [0.4, 0.5) is 5.69 Å². The van der Waals surface area contributed by atoms with Crippen molar-refractivity contribution in [3.63, 3.8) is 0 Å². The Balaban J connectivity index is 2.91. The summed E-state index contributed by atoms with van der Waals surface area (Å²) < 4.78 is 0. The molecule has 4 heteroatoms. The number of carboxylic acid groups (broad SMARTS) is 1. The first kappa shape index (κ1) is 12.2. The van der Waals surface area contributed by atoms with Gasteiger partial charge >= 0.3 is 5.97 Å². The average Bonchev–Trinajstić information content (AvgIpc) is 2.20. The number of anilines is 1. The molecule has 0 saturated heterocycles. The predicted molar refractivity (Wildman–Crippen MR) is 61.5 cm³/mol. The molecule has 0 aromatic heterocycles. The summed E-state index contributed by atoms with van der Waals surface area (Å²) in [5.74, 6) is -1.20. The molecule has 0 amide bonds. The Labute approximate surface area is 94.1 Å². The number of Topliss-reactive ketones (excluding diaryl/α,β-unsaturated/α-hetero) is 1.